The molecule has 0 aliphatic carbocycles. The van der Waals surface area contributed by atoms with E-state index < -0.39 is 5.97 Å². The van der Waals surface area contributed by atoms with Gasteiger partial charge in [-0.25, -0.2) is 4.79 Å². The van der Waals surface area contributed by atoms with Crippen molar-refractivity contribution in [2.75, 3.05) is 0 Å². The van der Waals surface area contributed by atoms with E-state index in [1.165, 1.54) is 12.1 Å². The molecule has 1 aromatic rings. The van der Waals surface area contributed by atoms with Crippen molar-refractivity contribution in [3.63, 3.8) is 0 Å². The molecule has 64 valence electrons. The van der Waals surface area contributed by atoms with Gasteiger partial charge in [0.2, 0.25) is 0 Å². The number of hydrogen-bond donors (Lipinski definition) is 2. The molecule has 1 aromatic carbocycles. The molecule has 0 heterocycles. The highest BCUT2D eigenvalue weighted by Crippen LogP contribution is 2.16. The molecule has 0 spiro atoms. The van der Waals surface area contributed by atoms with Crippen molar-refractivity contribution in [2.24, 2.45) is 11.8 Å². The van der Waals surface area contributed by atoms with Gasteiger partial charge >= 0.3 is 5.97 Å². The van der Waals surface area contributed by atoms with Crippen LogP contribution in [0.4, 0.5) is 0 Å². The SMILES string of the molecule is NOC(=O)c1ccccc1ON. The Hall–Kier alpha value is -1.59. The normalized spacial score (nSPS) is 9.17. The fourth-order valence-corrected chi connectivity index (χ4v) is 0.802. The van der Waals surface area contributed by atoms with E-state index in [2.05, 4.69) is 15.6 Å². The second kappa shape index (κ2) is 3.70. The lowest BCUT2D eigenvalue weighted by atomic mass is 10.2. The third kappa shape index (κ3) is 1.52. The quantitative estimate of drug-likeness (QED) is 0.605. The highest BCUT2D eigenvalue weighted by atomic mass is 16.7. The summed E-state index contributed by atoms with van der Waals surface area (Å²) in [5, 5.41) is 0. The summed E-state index contributed by atoms with van der Waals surface area (Å²) in [6.07, 6.45) is 0. The van der Waals surface area contributed by atoms with E-state index in [-0.39, 0.29) is 11.3 Å². The average Bonchev–Trinajstić information content (AvgIpc) is 2.16. The molecule has 0 saturated carbocycles. The number of benzene rings is 1. The molecule has 0 saturated heterocycles. The third-order valence-corrected chi connectivity index (χ3v) is 1.34. The zero-order valence-corrected chi connectivity index (χ0v) is 6.19. The second-order valence-electron chi connectivity index (χ2n) is 2.02. The summed E-state index contributed by atoms with van der Waals surface area (Å²) in [5.41, 5.74) is 0.197. The van der Waals surface area contributed by atoms with Crippen molar-refractivity contribution in [3.05, 3.63) is 29.8 Å². The molecule has 5 heteroatoms. The van der Waals surface area contributed by atoms with E-state index in [0.29, 0.717) is 0 Å². The van der Waals surface area contributed by atoms with Crippen LogP contribution in [0, 0.1) is 0 Å². The van der Waals surface area contributed by atoms with Gasteiger partial charge < -0.3 is 9.68 Å². The van der Waals surface area contributed by atoms with Gasteiger partial charge in [-0.1, -0.05) is 12.1 Å². The molecule has 0 unspecified atom stereocenters. The Bertz CT molecular complexity index is 288. The molecule has 0 fully saturated rings. The van der Waals surface area contributed by atoms with Gasteiger partial charge in [0.25, 0.3) is 0 Å². The number of hydrogen-bond acceptors (Lipinski definition) is 5. The van der Waals surface area contributed by atoms with Crippen molar-refractivity contribution in [1.29, 1.82) is 0 Å². The second-order valence-corrected chi connectivity index (χ2v) is 2.02. The van der Waals surface area contributed by atoms with Crippen LogP contribution in [0.2, 0.25) is 0 Å². The maximum Gasteiger partial charge on any atom is 0.360 e. The van der Waals surface area contributed by atoms with Crippen LogP contribution < -0.4 is 16.6 Å². The van der Waals surface area contributed by atoms with Crippen molar-refractivity contribution in [2.45, 2.75) is 0 Å². The van der Waals surface area contributed by atoms with E-state index in [9.17, 15) is 4.79 Å². The molecule has 4 N–H and O–H groups in total. The lowest BCUT2D eigenvalue weighted by Gasteiger charge is -2.03. The Labute approximate surface area is 68.8 Å². The lowest BCUT2D eigenvalue weighted by molar-refractivity contribution is 0.0498. The molecule has 0 aliphatic heterocycles. The van der Waals surface area contributed by atoms with Gasteiger partial charge in [-0.3, -0.25) is 0 Å². The summed E-state index contributed by atoms with van der Waals surface area (Å²) in [6.45, 7) is 0. The van der Waals surface area contributed by atoms with Crippen molar-refractivity contribution in [3.8, 4) is 5.75 Å². The maximum atomic E-state index is 10.9. The largest absolute Gasteiger partial charge is 0.411 e. The number of rotatable bonds is 2. The minimum Gasteiger partial charge on any atom is -0.411 e. The van der Waals surface area contributed by atoms with Crippen LogP contribution in [0.1, 0.15) is 10.4 Å². The number of para-hydroxylation sites is 1. The van der Waals surface area contributed by atoms with Crippen LogP contribution in [0.5, 0.6) is 5.75 Å². The molecule has 0 aliphatic rings. The first-order valence-corrected chi connectivity index (χ1v) is 3.16. The molecule has 5 nitrogen and oxygen atoms in total. The topological polar surface area (TPSA) is 87.6 Å². The zero-order valence-electron chi connectivity index (χ0n) is 6.19. The van der Waals surface area contributed by atoms with E-state index >= 15 is 0 Å². The highest BCUT2D eigenvalue weighted by Gasteiger charge is 2.11. The van der Waals surface area contributed by atoms with Gasteiger partial charge in [0.05, 0.1) is 0 Å². The Morgan fingerprint density at radius 3 is 2.50 bits per heavy atom. The van der Waals surface area contributed by atoms with Crippen LogP contribution in [0.25, 0.3) is 0 Å². The molecule has 1 rings (SSSR count). The summed E-state index contributed by atoms with van der Waals surface area (Å²) in [7, 11) is 0. The highest BCUT2D eigenvalue weighted by molar-refractivity contribution is 5.92. The van der Waals surface area contributed by atoms with E-state index in [1.54, 1.807) is 12.1 Å². The summed E-state index contributed by atoms with van der Waals surface area (Å²) < 4.78 is 0. The van der Waals surface area contributed by atoms with E-state index in [4.69, 9.17) is 5.90 Å². The Morgan fingerprint density at radius 2 is 1.92 bits per heavy atom. The summed E-state index contributed by atoms with van der Waals surface area (Å²) >= 11 is 0. The number of carbonyl (C=O) groups is 1. The predicted octanol–water partition coefficient (Wildman–Crippen LogP) is -0.0304. The molecule has 0 atom stereocenters. The minimum absolute atomic E-state index is 0.197. The van der Waals surface area contributed by atoms with Crippen molar-refractivity contribution < 1.29 is 14.5 Å². The van der Waals surface area contributed by atoms with Crippen LogP contribution in [-0.2, 0) is 4.84 Å². The Kier molecular flexibility index (Phi) is 2.62. The zero-order chi connectivity index (χ0) is 8.97. The smallest absolute Gasteiger partial charge is 0.360 e. The molecular formula is C7H8N2O3. The Morgan fingerprint density at radius 1 is 1.25 bits per heavy atom. The molecule has 0 amide bonds. The van der Waals surface area contributed by atoms with Crippen LogP contribution in [-0.4, -0.2) is 5.97 Å². The summed E-state index contributed by atoms with van der Waals surface area (Å²) in [5.74, 6) is 9.12. The number of carbonyl (C=O) groups excluding carboxylic acids is 1. The summed E-state index contributed by atoms with van der Waals surface area (Å²) in [4.78, 5) is 19.3. The van der Waals surface area contributed by atoms with Gasteiger partial charge in [-0.2, -0.15) is 11.8 Å². The van der Waals surface area contributed by atoms with E-state index in [1.807, 2.05) is 0 Å². The molecule has 0 radical (unpaired) electrons. The Balaban J connectivity index is 3.04. The van der Waals surface area contributed by atoms with Gasteiger partial charge in [0.1, 0.15) is 5.56 Å². The first kappa shape index (κ1) is 8.51. The van der Waals surface area contributed by atoms with Gasteiger partial charge in [-0.15, -0.1) is 0 Å². The molecular weight excluding hydrogens is 160 g/mol. The molecule has 0 bridgehead atoms. The lowest BCUT2D eigenvalue weighted by Crippen LogP contribution is -2.13. The fourth-order valence-electron chi connectivity index (χ4n) is 0.802. The molecule has 0 aromatic heterocycles. The van der Waals surface area contributed by atoms with Crippen LogP contribution in [0.3, 0.4) is 0 Å². The minimum atomic E-state index is -0.684. The first-order valence-electron chi connectivity index (χ1n) is 3.16. The van der Waals surface area contributed by atoms with Gasteiger partial charge in [0.15, 0.2) is 5.75 Å². The predicted molar refractivity (Wildman–Crippen MR) is 40.9 cm³/mol. The van der Waals surface area contributed by atoms with Crippen LogP contribution >= 0.6 is 0 Å². The summed E-state index contributed by atoms with van der Waals surface area (Å²) in [6, 6.07) is 6.36. The average molecular weight is 168 g/mol. The standard InChI is InChI=1S/C7H8N2O3/c8-11-6-4-2-1-3-5(6)7(10)12-9/h1-4H,8-9H2. The monoisotopic (exact) mass is 168 g/mol. The van der Waals surface area contributed by atoms with Crippen LogP contribution in [0.15, 0.2) is 24.3 Å². The number of nitrogens with two attached hydrogens (primary N) is 2. The molecule has 12 heavy (non-hydrogen) atoms. The van der Waals surface area contributed by atoms with Crippen molar-refractivity contribution >= 4 is 5.97 Å². The third-order valence-electron chi connectivity index (χ3n) is 1.34. The maximum absolute atomic E-state index is 10.9. The fraction of sp³-hybridized carbons (Fsp3) is 0. The van der Waals surface area contributed by atoms with E-state index in [0.717, 1.165) is 0 Å². The van der Waals surface area contributed by atoms with Gasteiger partial charge in [-0.05, 0) is 12.1 Å². The van der Waals surface area contributed by atoms with Crippen molar-refractivity contribution in [1.82, 2.24) is 0 Å². The van der Waals surface area contributed by atoms with Gasteiger partial charge in [0, 0.05) is 0 Å². The first-order chi connectivity index (χ1) is 5.79.